The Balaban J connectivity index is 1.67. The lowest BCUT2D eigenvalue weighted by molar-refractivity contribution is -0.135. The first kappa shape index (κ1) is 14.9. The van der Waals surface area contributed by atoms with Crippen molar-refractivity contribution in [3.05, 3.63) is 29.8 Å². The van der Waals surface area contributed by atoms with Crippen LogP contribution >= 0.6 is 0 Å². The fourth-order valence-electron chi connectivity index (χ4n) is 3.38. The summed E-state index contributed by atoms with van der Waals surface area (Å²) in [6, 6.07) is 6.40. The molecule has 0 saturated carbocycles. The number of phenols is 1. The second-order valence-corrected chi connectivity index (χ2v) is 6.17. The third kappa shape index (κ3) is 3.08. The highest BCUT2D eigenvalue weighted by Gasteiger charge is 2.32. The maximum absolute atomic E-state index is 12.5. The van der Waals surface area contributed by atoms with Crippen LogP contribution in [0.3, 0.4) is 0 Å². The number of piperidine rings is 1. The van der Waals surface area contributed by atoms with Crippen molar-refractivity contribution in [2.75, 3.05) is 26.2 Å². The molecule has 2 aliphatic rings. The molecule has 1 unspecified atom stereocenters. The fraction of sp³-hybridized carbons (Fsp3) is 0.529. The molecule has 2 heterocycles. The minimum Gasteiger partial charge on any atom is -0.508 e. The second-order valence-electron chi connectivity index (χ2n) is 6.17. The van der Waals surface area contributed by atoms with Crippen LogP contribution in [0.25, 0.3) is 0 Å². The Morgan fingerprint density at radius 2 is 1.77 bits per heavy atom. The van der Waals surface area contributed by atoms with E-state index < -0.39 is 0 Å². The van der Waals surface area contributed by atoms with Crippen LogP contribution in [0.2, 0.25) is 0 Å². The van der Waals surface area contributed by atoms with Gasteiger partial charge in [0.25, 0.3) is 5.91 Å². The number of carbonyl (C=O) groups is 2. The van der Waals surface area contributed by atoms with Gasteiger partial charge in [0.2, 0.25) is 5.91 Å². The van der Waals surface area contributed by atoms with Gasteiger partial charge in [-0.15, -0.1) is 0 Å². The molecule has 2 amide bonds. The quantitative estimate of drug-likeness (QED) is 0.907. The number of rotatable bonds is 2. The molecule has 1 aromatic carbocycles. The third-order valence-electron chi connectivity index (χ3n) is 4.57. The number of hydrogen-bond acceptors (Lipinski definition) is 3. The Kier molecular flexibility index (Phi) is 4.32. The van der Waals surface area contributed by atoms with Crippen LogP contribution in [-0.4, -0.2) is 52.9 Å². The lowest BCUT2D eigenvalue weighted by atomic mass is 9.96. The van der Waals surface area contributed by atoms with Crippen LogP contribution < -0.4 is 0 Å². The smallest absolute Gasteiger partial charge is 0.254 e. The van der Waals surface area contributed by atoms with Gasteiger partial charge in [0, 0.05) is 31.7 Å². The van der Waals surface area contributed by atoms with E-state index in [1.807, 2.05) is 4.90 Å². The molecular weight excluding hydrogens is 280 g/mol. The lowest BCUT2D eigenvalue weighted by Gasteiger charge is -2.34. The van der Waals surface area contributed by atoms with E-state index in [4.69, 9.17) is 0 Å². The molecule has 0 radical (unpaired) electrons. The van der Waals surface area contributed by atoms with Crippen molar-refractivity contribution in [3.63, 3.8) is 0 Å². The molecule has 0 bridgehead atoms. The van der Waals surface area contributed by atoms with Crippen LogP contribution in [0, 0.1) is 5.92 Å². The van der Waals surface area contributed by atoms with Gasteiger partial charge in [-0.3, -0.25) is 9.59 Å². The summed E-state index contributed by atoms with van der Waals surface area (Å²) in [5, 5.41) is 9.51. The number of benzene rings is 1. The van der Waals surface area contributed by atoms with E-state index in [1.54, 1.807) is 23.1 Å². The molecule has 2 saturated heterocycles. The highest BCUT2D eigenvalue weighted by atomic mass is 16.3. The summed E-state index contributed by atoms with van der Waals surface area (Å²) in [5.41, 5.74) is 0.481. The van der Waals surface area contributed by atoms with Gasteiger partial charge in [-0.05, 0) is 43.9 Å². The number of amides is 2. The summed E-state index contributed by atoms with van der Waals surface area (Å²) >= 11 is 0. The molecule has 5 heteroatoms. The van der Waals surface area contributed by atoms with Crippen molar-refractivity contribution in [3.8, 4) is 5.75 Å². The van der Waals surface area contributed by atoms with E-state index in [0.717, 1.165) is 38.8 Å². The Hall–Kier alpha value is -2.04. The highest BCUT2D eigenvalue weighted by molar-refractivity contribution is 5.95. The van der Waals surface area contributed by atoms with Gasteiger partial charge in [0.1, 0.15) is 5.75 Å². The van der Waals surface area contributed by atoms with Gasteiger partial charge >= 0.3 is 0 Å². The van der Waals surface area contributed by atoms with Crippen LogP contribution in [0.15, 0.2) is 24.3 Å². The first-order chi connectivity index (χ1) is 10.6. The van der Waals surface area contributed by atoms with E-state index in [-0.39, 0.29) is 23.5 Å². The van der Waals surface area contributed by atoms with E-state index in [1.165, 1.54) is 6.07 Å². The summed E-state index contributed by atoms with van der Waals surface area (Å²) in [6.07, 6.45) is 3.89. The fourth-order valence-corrected chi connectivity index (χ4v) is 3.38. The van der Waals surface area contributed by atoms with E-state index in [2.05, 4.69) is 0 Å². The molecular formula is C17H22N2O3. The Bertz CT molecular complexity index is 567. The SMILES string of the molecule is O=C(c1cccc(O)c1)N1CCCC(C(=O)N2CCCC2)C1. The summed E-state index contributed by atoms with van der Waals surface area (Å²) in [5.74, 6) is 0.112. The van der Waals surface area contributed by atoms with Crippen molar-refractivity contribution < 1.29 is 14.7 Å². The first-order valence-corrected chi connectivity index (χ1v) is 8.02. The maximum atomic E-state index is 12.5. The van der Waals surface area contributed by atoms with Crippen LogP contribution in [0.5, 0.6) is 5.75 Å². The average molecular weight is 302 g/mol. The second kappa shape index (κ2) is 6.38. The molecule has 0 aliphatic carbocycles. The van der Waals surface area contributed by atoms with Crippen molar-refractivity contribution in [2.45, 2.75) is 25.7 Å². The zero-order chi connectivity index (χ0) is 15.5. The minimum absolute atomic E-state index is 0.0758. The Morgan fingerprint density at radius 3 is 2.50 bits per heavy atom. The summed E-state index contributed by atoms with van der Waals surface area (Å²) in [7, 11) is 0. The topological polar surface area (TPSA) is 60.9 Å². The number of aromatic hydroxyl groups is 1. The van der Waals surface area contributed by atoms with Crippen molar-refractivity contribution in [1.82, 2.24) is 9.80 Å². The van der Waals surface area contributed by atoms with E-state index in [0.29, 0.717) is 18.7 Å². The molecule has 1 aromatic rings. The molecule has 5 nitrogen and oxygen atoms in total. The molecule has 118 valence electrons. The predicted octanol–water partition coefficient (Wildman–Crippen LogP) is 1.87. The minimum atomic E-state index is -0.102. The van der Waals surface area contributed by atoms with E-state index in [9.17, 15) is 14.7 Å². The summed E-state index contributed by atoms with van der Waals surface area (Å²) < 4.78 is 0. The molecule has 22 heavy (non-hydrogen) atoms. The van der Waals surface area contributed by atoms with Crippen LogP contribution in [-0.2, 0) is 4.79 Å². The van der Waals surface area contributed by atoms with Crippen molar-refractivity contribution >= 4 is 11.8 Å². The van der Waals surface area contributed by atoms with Gasteiger partial charge in [-0.25, -0.2) is 0 Å². The Labute approximate surface area is 130 Å². The molecule has 1 N–H and O–H groups in total. The summed E-state index contributed by atoms with van der Waals surface area (Å²) in [6.45, 7) is 2.88. The van der Waals surface area contributed by atoms with Crippen molar-refractivity contribution in [1.29, 1.82) is 0 Å². The normalized spacial score (nSPS) is 21.9. The number of carbonyl (C=O) groups excluding carboxylic acids is 2. The summed E-state index contributed by atoms with van der Waals surface area (Å²) in [4.78, 5) is 28.7. The van der Waals surface area contributed by atoms with Gasteiger partial charge < -0.3 is 14.9 Å². The highest BCUT2D eigenvalue weighted by Crippen LogP contribution is 2.23. The predicted molar refractivity (Wildman–Crippen MR) is 82.5 cm³/mol. The maximum Gasteiger partial charge on any atom is 0.254 e. The van der Waals surface area contributed by atoms with Gasteiger partial charge in [-0.1, -0.05) is 6.07 Å². The largest absolute Gasteiger partial charge is 0.508 e. The molecule has 0 spiro atoms. The Morgan fingerprint density at radius 1 is 1.05 bits per heavy atom. The number of nitrogens with zero attached hydrogens (tertiary/aromatic N) is 2. The molecule has 2 aliphatic heterocycles. The van der Waals surface area contributed by atoms with Crippen LogP contribution in [0.1, 0.15) is 36.0 Å². The van der Waals surface area contributed by atoms with E-state index >= 15 is 0 Å². The zero-order valence-corrected chi connectivity index (χ0v) is 12.7. The molecule has 0 aromatic heterocycles. The average Bonchev–Trinajstić information content (AvgIpc) is 3.08. The van der Waals surface area contributed by atoms with Crippen molar-refractivity contribution in [2.24, 2.45) is 5.92 Å². The third-order valence-corrected chi connectivity index (χ3v) is 4.57. The van der Waals surface area contributed by atoms with Gasteiger partial charge in [0.15, 0.2) is 0 Å². The number of phenolic OH excluding ortho intramolecular Hbond substituents is 1. The number of likely N-dealkylation sites (tertiary alicyclic amines) is 2. The number of hydrogen-bond donors (Lipinski definition) is 1. The molecule has 2 fully saturated rings. The lowest BCUT2D eigenvalue weighted by Crippen LogP contribution is -2.46. The first-order valence-electron chi connectivity index (χ1n) is 8.02. The molecule has 3 rings (SSSR count). The zero-order valence-electron chi connectivity index (χ0n) is 12.7. The van der Waals surface area contributed by atoms with Gasteiger partial charge in [0.05, 0.1) is 5.92 Å². The van der Waals surface area contributed by atoms with Crippen LogP contribution in [0.4, 0.5) is 0 Å². The monoisotopic (exact) mass is 302 g/mol. The molecule has 1 atom stereocenters. The van der Waals surface area contributed by atoms with Gasteiger partial charge in [-0.2, -0.15) is 0 Å². The standard InChI is InChI=1S/C17H22N2O3/c20-15-7-3-5-13(11-15)16(21)19-10-4-6-14(12-19)17(22)18-8-1-2-9-18/h3,5,7,11,14,20H,1-2,4,6,8-10,12H2.